The number of nitrogens with one attached hydrogen (secondary N) is 2. The molecule has 4 aromatic rings. The van der Waals surface area contributed by atoms with Crippen molar-refractivity contribution in [3.8, 4) is 0 Å². The van der Waals surface area contributed by atoms with Crippen LogP contribution in [-0.4, -0.2) is 60.9 Å². The number of nitrogens with zero attached hydrogens (tertiary/aromatic N) is 3. The van der Waals surface area contributed by atoms with Gasteiger partial charge in [0.15, 0.2) is 0 Å². The molecule has 1 saturated heterocycles. The largest absolute Gasteiger partial charge is 0.367 e. The molecule has 8 nitrogen and oxygen atoms in total. The molecule has 0 atom stereocenters. The number of carbonyl (C=O) groups excluding carboxylic acids is 3. The topological polar surface area (TPSA) is 85.0 Å². The van der Waals surface area contributed by atoms with E-state index in [-0.39, 0.29) is 17.5 Å². The van der Waals surface area contributed by atoms with Crippen LogP contribution in [0, 0.1) is 12.7 Å². The Morgan fingerprint density at radius 1 is 0.791 bits per heavy atom. The van der Waals surface area contributed by atoms with E-state index in [1.54, 1.807) is 29.0 Å². The van der Waals surface area contributed by atoms with Gasteiger partial charge in [0, 0.05) is 62.4 Å². The molecule has 9 heteroatoms. The maximum atomic E-state index is 13.8. The Kier molecular flexibility index (Phi) is 9.00. The SMILES string of the molecule is Cc1ccc(NC(=O)N2CCN(c3ccc(NC(=O)c4cccc(F)c4)cc3C(=O)N(C)Cc3ccccc3)CC2)cc1. The Bertz CT molecular complexity index is 1600. The Hall–Kier alpha value is -5.18. The zero-order chi connectivity index (χ0) is 30.3. The standard InChI is InChI=1S/C34H34FN5O3/c1-24-11-13-28(14-12-24)37-34(43)40-19-17-39(18-20-40)31-16-15-29(36-32(41)26-9-6-10-27(35)21-26)22-30(31)33(42)38(2)23-25-7-4-3-5-8-25/h3-16,21-22H,17-20,23H2,1-2H3,(H,36,41)(H,37,43). The first-order valence-electron chi connectivity index (χ1n) is 14.1. The lowest BCUT2D eigenvalue weighted by molar-refractivity contribution is 0.0785. The van der Waals surface area contributed by atoms with Crippen molar-refractivity contribution in [2.24, 2.45) is 0 Å². The first-order valence-corrected chi connectivity index (χ1v) is 14.1. The van der Waals surface area contributed by atoms with E-state index in [2.05, 4.69) is 15.5 Å². The molecule has 4 amide bonds. The second kappa shape index (κ2) is 13.2. The highest BCUT2D eigenvalue weighted by Crippen LogP contribution is 2.28. The number of carbonyl (C=O) groups is 3. The number of rotatable bonds is 7. The van der Waals surface area contributed by atoms with Crippen LogP contribution in [0.2, 0.25) is 0 Å². The van der Waals surface area contributed by atoms with Crippen LogP contribution in [0.25, 0.3) is 0 Å². The van der Waals surface area contributed by atoms with E-state index in [1.165, 1.54) is 18.2 Å². The highest BCUT2D eigenvalue weighted by Gasteiger charge is 2.26. The lowest BCUT2D eigenvalue weighted by Crippen LogP contribution is -2.50. The number of amides is 4. The van der Waals surface area contributed by atoms with Crippen molar-refractivity contribution < 1.29 is 18.8 Å². The maximum absolute atomic E-state index is 13.8. The summed E-state index contributed by atoms with van der Waals surface area (Å²) in [5.41, 5.74) is 4.59. The van der Waals surface area contributed by atoms with Gasteiger partial charge in [0.05, 0.1) is 5.56 Å². The average molecular weight is 580 g/mol. The number of halogens is 1. The Morgan fingerprint density at radius 2 is 1.49 bits per heavy atom. The maximum Gasteiger partial charge on any atom is 0.321 e. The van der Waals surface area contributed by atoms with E-state index < -0.39 is 11.7 Å². The van der Waals surface area contributed by atoms with Gasteiger partial charge in [-0.2, -0.15) is 0 Å². The molecule has 4 aromatic carbocycles. The third-order valence-electron chi connectivity index (χ3n) is 7.39. The fourth-order valence-corrected chi connectivity index (χ4v) is 5.02. The summed E-state index contributed by atoms with van der Waals surface area (Å²) in [6, 6.07) is 27.8. The summed E-state index contributed by atoms with van der Waals surface area (Å²) in [7, 11) is 1.74. The molecule has 1 aliphatic heterocycles. The van der Waals surface area contributed by atoms with Gasteiger partial charge in [-0.3, -0.25) is 9.59 Å². The molecular weight excluding hydrogens is 545 g/mol. The molecule has 0 spiro atoms. The number of hydrogen-bond donors (Lipinski definition) is 2. The average Bonchev–Trinajstić information content (AvgIpc) is 3.02. The predicted molar refractivity (Wildman–Crippen MR) is 167 cm³/mol. The van der Waals surface area contributed by atoms with Gasteiger partial charge in [-0.1, -0.05) is 54.1 Å². The van der Waals surface area contributed by atoms with E-state index in [4.69, 9.17) is 0 Å². The number of anilines is 3. The monoisotopic (exact) mass is 579 g/mol. The molecule has 0 aliphatic carbocycles. The minimum atomic E-state index is -0.506. The molecule has 43 heavy (non-hydrogen) atoms. The number of urea groups is 1. The van der Waals surface area contributed by atoms with Crippen LogP contribution in [0.3, 0.4) is 0 Å². The Labute approximate surface area is 250 Å². The summed E-state index contributed by atoms with van der Waals surface area (Å²) in [4.78, 5) is 45.0. The summed E-state index contributed by atoms with van der Waals surface area (Å²) in [6.45, 7) is 4.41. The first-order chi connectivity index (χ1) is 20.8. The molecule has 1 fully saturated rings. The van der Waals surface area contributed by atoms with Crippen LogP contribution in [-0.2, 0) is 6.54 Å². The lowest BCUT2D eigenvalue weighted by atomic mass is 10.1. The molecule has 1 aliphatic rings. The molecule has 0 saturated carbocycles. The van der Waals surface area contributed by atoms with Crippen molar-refractivity contribution in [1.82, 2.24) is 9.80 Å². The normalized spacial score (nSPS) is 12.9. The molecule has 0 radical (unpaired) electrons. The number of benzene rings is 4. The smallest absolute Gasteiger partial charge is 0.321 e. The van der Waals surface area contributed by atoms with Crippen molar-refractivity contribution in [1.29, 1.82) is 0 Å². The van der Waals surface area contributed by atoms with Crippen molar-refractivity contribution >= 4 is 34.9 Å². The lowest BCUT2D eigenvalue weighted by Gasteiger charge is -2.37. The number of hydrogen-bond acceptors (Lipinski definition) is 4. The molecule has 2 N–H and O–H groups in total. The third kappa shape index (κ3) is 7.37. The van der Waals surface area contributed by atoms with Gasteiger partial charge in [-0.15, -0.1) is 0 Å². The van der Waals surface area contributed by atoms with Crippen molar-refractivity contribution in [2.75, 3.05) is 48.8 Å². The van der Waals surface area contributed by atoms with Gasteiger partial charge in [-0.05, 0) is 61.0 Å². The molecule has 1 heterocycles. The van der Waals surface area contributed by atoms with Crippen LogP contribution in [0.1, 0.15) is 31.8 Å². The summed E-state index contributed by atoms with van der Waals surface area (Å²) in [5, 5.41) is 5.74. The quantitative estimate of drug-likeness (QED) is 0.281. The molecular formula is C34H34FN5O3. The minimum Gasteiger partial charge on any atom is -0.367 e. The third-order valence-corrected chi connectivity index (χ3v) is 7.39. The Morgan fingerprint density at radius 3 is 2.19 bits per heavy atom. The van der Waals surface area contributed by atoms with Crippen LogP contribution in [0.15, 0.2) is 97.1 Å². The minimum absolute atomic E-state index is 0.169. The van der Waals surface area contributed by atoms with Crippen LogP contribution < -0.4 is 15.5 Å². The zero-order valence-electron chi connectivity index (χ0n) is 24.2. The summed E-state index contributed by atoms with van der Waals surface area (Å²) in [6.07, 6.45) is 0. The van der Waals surface area contributed by atoms with Crippen LogP contribution >= 0.6 is 0 Å². The van der Waals surface area contributed by atoms with E-state index in [0.29, 0.717) is 49.7 Å². The molecule has 220 valence electrons. The van der Waals surface area contributed by atoms with Crippen molar-refractivity contribution in [2.45, 2.75) is 13.5 Å². The van der Waals surface area contributed by atoms with Gasteiger partial charge in [0.1, 0.15) is 5.82 Å². The van der Waals surface area contributed by atoms with Crippen molar-refractivity contribution in [3.63, 3.8) is 0 Å². The predicted octanol–water partition coefficient (Wildman–Crippen LogP) is 6.01. The second-order valence-corrected chi connectivity index (χ2v) is 10.6. The van der Waals surface area contributed by atoms with Crippen LogP contribution in [0.5, 0.6) is 0 Å². The molecule has 0 aromatic heterocycles. The fraction of sp³-hybridized carbons (Fsp3) is 0.206. The van der Waals surface area contributed by atoms with Crippen LogP contribution in [0.4, 0.5) is 26.2 Å². The van der Waals surface area contributed by atoms with Gasteiger partial charge in [0.25, 0.3) is 11.8 Å². The van der Waals surface area contributed by atoms with Crippen molar-refractivity contribution in [3.05, 3.63) is 125 Å². The van der Waals surface area contributed by atoms with Gasteiger partial charge >= 0.3 is 6.03 Å². The summed E-state index contributed by atoms with van der Waals surface area (Å²) >= 11 is 0. The molecule has 0 unspecified atom stereocenters. The number of aryl methyl sites for hydroxylation is 1. The summed E-state index contributed by atoms with van der Waals surface area (Å²) < 4.78 is 13.7. The highest BCUT2D eigenvalue weighted by atomic mass is 19.1. The summed E-state index contributed by atoms with van der Waals surface area (Å²) in [5.74, 6) is -1.19. The molecule has 0 bridgehead atoms. The first kappa shape index (κ1) is 29.3. The number of piperazine rings is 1. The zero-order valence-corrected chi connectivity index (χ0v) is 24.2. The second-order valence-electron chi connectivity index (χ2n) is 10.6. The highest BCUT2D eigenvalue weighted by molar-refractivity contribution is 6.06. The van der Waals surface area contributed by atoms with Gasteiger partial charge in [-0.25, -0.2) is 9.18 Å². The van der Waals surface area contributed by atoms with E-state index in [9.17, 15) is 18.8 Å². The molecule has 5 rings (SSSR count). The Balaban J connectivity index is 1.34. The van der Waals surface area contributed by atoms with Gasteiger partial charge < -0.3 is 25.3 Å². The van der Waals surface area contributed by atoms with Gasteiger partial charge in [0.2, 0.25) is 0 Å². The fourth-order valence-electron chi connectivity index (χ4n) is 5.02. The van der Waals surface area contributed by atoms with E-state index in [0.717, 1.165) is 22.9 Å². The van der Waals surface area contributed by atoms with E-state index in [1.807, 2.05) is 67.6 Å². The van der Waals surface area contributed by atoms with E-state index >= 15 is 0 Å².